The highest BCUT2D eigenvalue weighted by Gasteiger charge is 2.13. The number of ether oxygens (including phenoxy) is 1. The van der Waals surface area contributed by atoms with E-state index < -0.39 is 0 Å². The van der Waals surface area contributed by atoms with E-state index in [-0.39, 0.29) is 6.04 Å². The Labute approximate surface area is 120 Å². The second-order valence-corrected chi connectivity index (χ2v) is 5.01. The van der Waals surface area contributed by atoms with Gasteiger partial charge < -0.3 is 10.1 Å². The Morgan fingerprint density at radius 2 is 2.25 bits per heavy atom. The molecular formula is C16H23N3O. The normalized spacial score (nSPS) is 12.3. The largest absolute Gasteiger partial charge is 0.497 e. The summed E-state index contributed by atoms with van der Waals surface area (Å²) in [5.41, 5.74) is 2.49. The molecule has 0 radical (unpaired) electrons. The molecule has 2 aromatic rings. The Balaban J connectivity index is 2.14. The quantitative estimate of drug-likeness (QED) is 0.843. The van der Waals surface area contributed by atoms with Crippen LogP contribution >= 0.6 is 0 Å². The molecule has 20 heavy (non-hydrogen) atoms. The summed E-state index contributed by atoms with van der Waals surface area (Å²) in [5, 5.41) is 7.86. The molecule has 2 rings (SSSR count). The third-order valence-electron chi connectivity index (χ3n) is 3.34. The molecule has 0 fully saturated rings. The summed E-state index contributed by atoms with van der Waals surface area (Å²) >= 11 is 0. The molecule has 0 aliphatic heterocycles. The highest BCUT2D eigenvalue weighted by atomic mass is 16.5. The van der Waals surface area contributed by atoms with Crippen LogP contribution in [0.2, 0.25) is 0 Å². The highest BCUT2D eigenvalue weighted by molar-refractivity contribution is 5.30. The first-order chi connectivity index (χ1) is 9.72. The number of rotatable bonds is 7. The zero-order valence-electron chi connectivity index (χ0n) is 12.5. The van der Waals surface area contributed by atoms with Crippen LogP contribution in [-0.4, -0.2) is 23.4 Å². The Hall–Kier alpha value is -1.81. The molecule has 0 aliphatic carbocycles. The van der Waals surface area contributed by atoms with Gasteiger partial charge in [0, 0.05) is 24.8 Å². The van der Waals surface area contributed by atoms with Crippen LogP contribution < -0.4 is 10.1 Å². The van der Waals surface area contributed by atoms with E-state index in [1.807, 2.05) is 30.1 Å². The Morgan fingerprint density at radius 3 is 2.90 bits per heavy atom. The lowest BCUT2D eigenvalue weighted by molar-refractivity contribution is 0.413. The van der Waals surface area contributed by atoms with Crippen molar-refractivity contribution in [3.05, 3.63) is 47.8 Å². The SMILES string of the molecule is CCCNC(Cc1cccc(OC)c1)c1cnn(C)c1. The first-order valence-corrected chi connectivity index (χ1v) is 7.07. The van der Waals surface area contributed by atoms with Gasteiger partial charge in [0.1, 0.15) is 5.75 Å². The van der Waals surface area contributed by atoms with Gasteiger partial charge in [-0.25, -0.2) is 0 Å². The van der Waals surface area contributed by atoms with Crippen molar-refractivity contribution in [3.8, 4) is 5.75 Å². The Kier molecular flexibility index (Phi) is 5.18. The van der Waals surface area contributed by atoms with Gasteiger partial charge in [0.2, 0.25) is 0 Å². The zero-order valence-corrected chi connectivity index (χ0v) is 12.5. The van der Waals surface area contributed by atoms with Gasteiger partial charge in [0.15, 0.2) is 0 Å². The maximum Gasteiger partial charge on any atom is 0.119 e. The van der Waals surface area contributed by atoms with Crippen molar-refractivity contribution >= 4 is 0 Å². The second-order valence-electron chi connectivity index (χ2n) is 5.01. The number of aromatic nitrogens is 2. The fourth-order valence-corrected chi connectivity index (χ4v) is 2.28. The van der Waals surface area contributed by atoms with E-state index in [1.54, 1.807) is 7.11 Å². The number of aryl methyl sites for hydroxylation is 1. The first-order valence-electron chi connectivity index (χ1n) is 7.07. The summed E-state index contributed by atoms with van der Waals surface area (Å²) in [6.45, 7) is 3.18. The fraction of sp³-hybridized carbons (Fsp3) is 0.438. The average molecular weight is 273 g/mol. The second kappa shape index (κ2) is 7.10. The molecular weight excluding hydrogens is 250 g/mol. The topological polar surface area (TPSA) is 39.1 Å². The van der Waals surface area contributed by atoms with E-state index in [4.69, 9.17) is 4.74 Å². The number of benzene rings is 1. The molecule has 4 heteroatoms. The third kappa shape index (κ3) is 3.84. The van der Waals surface area contributed by atoms with Crippen LogP contribution in [0.1, 0.15) is 30.5 Å². The molecule has 1 heterocycles. The molecule has 0 bridgehead atoms. The molecule has 1 aromatic heterocycles. The summed E-state index contributed by atoms with van der Waals surface area (Å²) in [6, 6.07) is 8.53. The lowest BCUT2D eigenvalue weighted by Gasteiger charge is -2.17. The molecule has 1 aromatic carbocycles. The van der Waals surface area contributed by atoms with E-state index >= 15 is 0 Å². The third-order valence-corrected chi connectivity index (χ3v) is 3.34. The van der Waals surface area contributed by atoms with Gasteiger partial charge >= 0.3 is 0 Å². The van der Waals surface area contributed by atoms with E-state index in [2.05, 4.69) is 35.7 Å². The lowest BCUT2D eigenvalue weighted by atomic mass is 10.0. The number of nitrogens with zero attached hydrogens (tertiary/aromatic N) is 2. The van der Waals surface area contributed by atoms with Crippen molar-refractivity contribution < 1.29 is 4.74 Å². The summed E-state index contributed by atoms with van der Waals surface area (Å²) in [7, 11) is 3.65. The predicted octanol–water partition coefficient (Wildman–Crippen LogP) is 2.71. The van der Waals surface area contributed by atoms with E-state index in [0.29, 0.717) is 0 Å². The van der Waals surface area contributed by atoms with Crippen LogP contribution in [0.15, 0.2) is 36.7 Å². The van der Waals surface area contributed by atoms with Crippen molar-refractivity contribution in [3.63, 3.8) is 0 Å². The van der Waals surface area contributed by atoms with E-state index in [0.717, 1.165) is 25.1 Å². The van der Waals surface area contributed by atoms with E-state index in [9.17, 15) is 0 Å². The molecule has 0 saturated carbocycles. The van der Waals surface area contributed by atoms with Gasteiger partial charge in [-0.05, 0) is 37.1 Å². The van der Waals surface area contributed by atoms with Gasteiger partial charge in [-0.2, -0.15) is 5.10 Å². The van der Waals surface area contributed by atoms with Gasteiger partial charge in [-0.1, -0.05) is 19.1 Å². The minimum Gasteiger partial charge on any atom is -0.497 e. The van der Waals surface area contributed by atoms with Gasteiger partial charge in [-0.3, -0.25) is 4.68 Å². The maximum absolute atomic E-state index is 5.29. The minimum atomic E-state index is 0.288. The molecule has 0 aliphatic rings. The molecule has 1 unspecified atom stereocenters. The average Bonchev–Trinajstić information content (AvgIpc) is 2.90. The van der Waals surface area contributed by atoms with Crippen LogP contribution in [0.25, 0.3) is 0 Å². The molecule has 1 atom stereocenters. The number of hydrogen-bond donors (Lipinski definition) is 1. The molecule has 4 nitrogen and oxygen atoms in total. The Bertz CT molecular complexity index is 536. The van der Waals surface area contributed by atoms with Crippen molar-refractivity contribution in [2.24, 2.45) is 7.05 Å². The molecule has 0 saturated heterocycles. The lowest BCUT2D eigenvalue weighted by Crippen LogP contribution is -2.23. The Morgan fingerprint density at radius 1 is 1.40 bits per heavy atom. The maximum atomic E-state index is 5.29. The van der Waals surface area contributed by atoms with Crippen molar-refractivity contribution in [1.29, 1.82) is 0 Å². The predicted molar refractivity (Wildman–Crippen MR) is 80.9 cm³/mol. The summed E-state index contributed by atoms with van der Waals surface area (Å²) in [4.78, 5) is 0. The molecule has 0 amide bonds. The monoisotopic (exact) mass is 273 g/mol. The smallest absolute Gasteiger partial charge is 0.119 e. The van der Waals surface area contributed by atoms with Crippen LogP contribution in [-0.2, 0) is 13.5 Å². The highest BCUT2D eigenvalue weighted by Crippen LogP contribution is 2.21. The summed E-state index contributed by atoms with van der Waals surface area (Å²) in [5.74, 6) is 0.905. The van der Waals surface area contributed by atoms with Crippen LogP contribution in [0.5, 0.6) is 5.75 Å². The fourth-order valence-electron chi connectivity index (χ4n) is 2.28. The van der Waals surface area contributed by atoms with Crippen molar-refractivity contribution in [1.82, 2.24) is 15.1 Å². The summed E-state index contributed by atoms with van der Waals surface area (Å²) in [6.07, 6.45) is 6.07. The first kappa shape index (κ1) is 14.6. The van der Waals surface area contributed by atoms with Gasteiger partial charge in [0.05, 0.1) is 13.3 Å². The van der Waals surface area contributed by atoms with Gasteiger partial charge in [-0.15, -0.1) is 0 Å². The number of hydrogen-bond acceptors (Lipinski definition) is 3. The van der Waals surface area contributed by atoms with Crippen LogP contribution in [0, 0.1) is 0 Å². The molecule has 0 spiro atoms. The van der Waals surface area contributed by atoms with Crippen molar-refractivity contribution in [2.75, 3.05) is 13.7 Å². The molecule has 108 valence electrons. The van der Waals surface area contributed by atoms with Crippen molar-refractivity contribution in [2.45, 2.75) is 25.8 Å². The standard InChI is InChI=1S/C16H23N3O/c1-4-8-17-16(14-11-18-19(2)12-14)10-13-6-5-7-15(9-13)20-3/h5-7,9,11-12,16-17H,4,8,10H2,1-3H3. The van der Waals surface area contributed by atoms with Gasteiger partial charge in [0.25, 0.3) is 0 Å². The van der Waals surface area contributed by atoms with Crippen LogP contribution in [0.4, 0.5) is 0 Å². The van der Waals surface area contributed by atoms with E-state index in [1.165, 1.54) is 11.1 Å². The zero-order chi connectivity index (χ0) is 14.4. The minimum absolute atomic E-state index is 0.288. The number of nitrogens with one attached hydrogen (secondary N) is 1. The van der Waals surface area contributed by atoms with Crippen LogP contribution in [0.3, 0.4) is 0 Å². The number of methoxy groups -OCH3 is 1. The molecule has 1 N–H and O–H groups in total. The summed E-state index contributed by atoms with van der Waals surface area (Å²) < 4.78 is 7.14.